The average molecular weight is 134 g/mol. The van der Waals surface area contributed by atoms with Gasteiger partial charge in [-0.1, -0.05) is 19.8 Å². The summed E-state index contributed by atoms with van der Waals surface area (Å²) in [6, 6.07) is 0. The average Bonchev–Trinajstić information content (AvgIpc) is 1.61. The molecule has 1 unspecified atom stereocenters. The molecule has 0 rings (SSSR count). The Balaban J connectivity index is 2.68. The lowest BCUT2D eigenvalue weighted by Gasteiger charge is -1.98. The summed E-state index contributed by atoms with van der Waals surface area (Å²) in [5, 5.41) is 0. The number of hydrogen-bond acceptors (Lipinski definition) is 1. The first-order chi connectivity index (χ1) is 3.27. The van der Waals surface area contributed by atoms with Crippen molar-refractivity contribution in [1.82, 2.24) is 0 Å². The van der Waals surface area contributed by atoms with E-state index in [1.54, 1.807) is 0 Å². The van der Waals surface area contributed by atoms with Crippen molar-refractivity contribution in [3.05, 3.63) is 0 Å². The smallest absolute Gasteiger partial charge is 0.0189 e. The first-order valence-electron chi connectivity index (χ1n) is 2.95. The lowest BCUT2D eigenvalue weighted by atomic mass is 10.3. The zero-order valence-electron chi connectivity index (χ0n) is 5.15. The van der Waals surface area contributed by atoms with E-state index >= 15 is 0 Å². The van der Waals surface area contributed by atoms with Crippen LogP contribution in [0, 0.1) is 0 Å². The van der Waals surface area contributed by atoms with E-state index in [1.165, 1.54) is 29.5 Å². The van der Waals surface area contributed by atoms with Crippen LogP contribution in [-0.4, -0.2) is 15.1 Å². The molecule has 0 radical (unpaired) electrons. The summed E-state index contributed by atoms with van der Waals surface area (Å²) in [6.07, 6.45) is 4.00. The highest BCUT2D eigenvalue weighted by molar-refractivity contribution is 7.82. The number of thiol groups is 1. The number of unbranched alkanes of at least 4 members (excludes halogenated alkanes) is 1. The molecule has 0 aromatic rings. The second-order valence-electron chi connectivity index (χ2n) is 1.99. The molecule has 7 heavy (non-hydrogen) atoms. The molecule has 2 heteroatoms. The van der Waals surface area contributed by atoms with Gasteiger partial charge in [0, 0.05) is 10.2 Å². The zero-order chi connectivity index (χ0) is 5.70. The minimum atomic E-state index is 0.736. The summed E-state index contributed by atoms with van der Waals surface area (Å²) in [5.74, 6) is 0. The van der Waals surface area contributed by atoms with E-state index in [2.05, 4.69) is 19.6 Å². The van der Waals surface area contributed by atoms with Gasteiger partial charge in [0.15, 0.2) is 0 Å². The molecule has 0 spiro atoms. The van der Waals surface area contributed by atoms with Crippen molar-refractivity contribution in [3.8, 4) is 0 Å². The standard InChI is InChI=1S/C5H14SSi/c1-2-3-4-5(6)7/h5-6H,2-4H2,1,7H3. The molecule has 0 aliphatic rings. The predicted molar refractivity (Wildman–Crippen MR) is 42.2 cm³/mol. The molecule has 0 saturated heterocycles. The van der Waals surface area contributed by atoms with Crippen LogP contribution in [0.2, 0.25) is 0 Å². The lowest BCUT2D eigenvalue weighted by molar-refractivity contribution is 0.761. The lowest BCUT2D eigenvalue weighted by Crippen LogP contribution is -1.94. The Morgan fingerprint density at radius 3 is 2.43 bits per heavy atom. The van der Waals surface area contributed by atoms with E-state index in [-0.39, 0.29) is 0 Å². The van der Waals surface area contributed by atoms with Gasteiger partial charge in [0.05, 0.1) is 0 Å². The van der Waals surface area contributed by atoms with Crippen molar-refractivity contribution >= 4 is 22.9 Å². The molecule has 1 atom stereocenters. The predicted octanol–water partition coefficient (Wildman–Crippen LogP) is 0.798. The number of rotatable bonds is 3. The van der Waals surface area contributed by atoms with E-state index in [0.29, 0.717) is 0 Å². The normalized spacial score (nSPS) is 14.6. The van der Waals surface area contributed by atoms with Gasteiger partial charge in [-0.05, 0) is 11.3 Å². The third kappa shape index (κ3) is 6.57. The van der Waals surface area contributed by atoms with Gasteiger partial charge in [0.1, 0.15) is 0 Å². The van der Waals surface area contributed by atoms with Gasteiger partial charge in [0.25, 0.3) is 0 Å². The van der Waals surface area contributed by atoms with Crippen LogP contribution >= 0.6 is 12.6 Å². The third-order valence-electron chi connectivity index (χ3n) is 0.975. The molecular weight excluding hydrogens is 120 g/mol. The topological polar surface area (TPSA) is 0 Å². The Bertz CT molecular complexity index is 37.1. The summed E-state index contributed by atoms with van der Waals surface area (Å²) < 4.78 is 0. The molecule has 0 aromatic heterocycles. The zero-order valence-corrected chi connectivity index (χ0v) is 8.04. The summed E-state index contributed by atoms with van der Waals surface area (Å²) >= 11 is 4.29. The Morgan fingerprint density at radius 1 is 1.71 bits per heavy atom. The van der Waals surface area contributed by atoms with Crippen LogP contribution in [0.1, 0.15) is 26.2 Å². The molecule has 0 aliphatic heterocycles. The van der Waals surface area contributed by atoms with Gasteiger partial charge in [-0.15, -0.1) is 0 Å². The van der Waals surface area contributed by atoms with Crippen molar-refractivity contribution < 1.29 is 0 Å². The van der Waals surface area contributed by atoms with Gasteiger partial charge in [-0.3, -0.25) is 0 Å². The van der Waals surface area contributed by atoms with Crippen molar-refractivity contribution in [2.45, 2.75) is 31.1 Å². The van der Waals surface area contributed by atoms with Crippen molar-refractivity contribution in [2.24, 2.45) is 0 Å². The van der Waals surface area contributed by atoms with E-state index in [0.717, 1.165) is 4.87 Å². The van der Waals surface area contributed by atoms with Gasteiger partial charge in [-0.25, -0.2) is 0 Å². The Labute approximate surface area is 54.5 Å². The molecule has 0 amide bonds. The molecular formula is C5H14SSi. The van der Waals surface area contributed by atoms with Crippen LogP contribution in [0.5, 0.6) is 0 Å². The fourth-order valence-electron chi connectivity index (χ4n) is 0.500. The van der Waals surface area contributed by atoms with E-state index in [4.69, 9.17) is 0 Å². The van der Waals surface area contributed by atoms with E-state index in [1.807, 2.05) is 0 Å². The Hall–Kier alpha value is 0.567. The maximum atomic E-state index is 4.29. The molecule has 0 N–H and O–H groups in total. The van der Waals surface area contributed by atoms with Crippen molar-refractivity contribution in [2.75, 3.05) is 0 Å². The fraction of sp³-hybridized carbons (Fsp3) is 1.00. The maximum absolute atomic E-state index is 4.29. The Kier molecular flexibility index (Phi) is 5.10. The highest BCUT2D eigenvalue weighted by atomic mass is 32.1. The number of hydrogen-bond donors (Lipinski definition) is 1. The summed E-state index contributed by atoms with van der Waals surface area (Å²) in [7, 11) is 1.25. The minimum Gasteiger partial charge on any atom is -0.180 e. The van der Waals surface area contributed by atoms with Gasteiger partial charge in [-0.2, -0.15) is 12.6 Å². The molecule has 0 bridgehead atoms. The Morgan fingerprint density at radius 2 is 2.29 bits per heavy atom. The van der Waals surface area contributed by atoms with E-state index < -0.39 is 0 Å². The monoisotopic (exact) mass is 134 g/mol. The minimum absolute atomic E-state index is 0.736. The quantitative estimate of drug-likeness (QED) is 0.428. The van der Waals surface area contributed by atoms with Gasteiger partial charge < -0.3 is 0 Å². The maximum Gasteiger partial charge on any atom is 0.0189 e. The van der Waals surface area contributed by atoms with Crippen LogP contribution in [0.3, 0.4) is 0 Å². The highest BCUT2D eigenvalue weighted by Crippen LogP contribution is 2.01. The van der Waals surface area contributed by atoms with Gasteiger partial charge >= 0.3 is 0 Å². The SMILES string of the molecule is CCCCC([SiH3])S. The van der Waals surface area contributed by atoms with Gasteiger partial charge in [0.2, 0.25) is 0 Å². The van der Waals surface area contributed by atoms with Crippen molar-refractivity contribution in [1.29, 1.82) is 0 Å². The molecule has 0 fully saturated rings. The van der Waals surface area contributed by atoms with Crippen molar-refractivity contribution in [3.63, 3.8) is 0 Å². The molecule has 0 aliphatic carbocycles. The first kappa shape index (κ1) is 7.57. The highest BCUT2D eigenvalue weighted by Gasteiger charge is 1.89. The molecule has 0 nitrogen and oxygen atoms in total. The second kappa shape index (κ2) is 4.72. The molecule has 0 saturated carbocycles. The first-order valence-corrected chi connectivity index (χ1v) is 4.62. The molecule has 0 aromatic carbocycles. The van der Waals surface area contributed by atoms with Crippen LogP contribution in [0.25, 0.3) is 0 Å². The fourth-order valence-corrected chi connectivity index (χ4v) is 1.09. The summed E-state index contributed by atoms with van der Waals surface area (Å²) in [5.41, 5.74) is 0. The molecule has 0 heterocycles. The molecule has 44 valence electrons. The van der Waals surface area contributed by atoms with Crippen LogP contribution < -0.4 is 0 Å². The second-order valence-corrected chi connectivity index (χ2v) is 5.24. The summed E-state index contributed by atoms with van der Waals surface area (Å²) in [6.45, 7) is 2.22. The van der Waals surface area contributed by atoms with E-state index in [9.17, 15) is 0 Å². The van der Waals surface area contributed by atoms with Crippen LogP contribution in [0.15, 0.2) is 0 Å². The third-order valence-corrected chi connectivity index (χ3v) is 1.81. The summed E-state index contributed by atoms with van der Waals surface area (Å²) in [4.78, 5) is 0.736. The largest absolute Gasteiger partial charge is 0.180 e. The van der Waals surface area contributed by atoms with Crippen LogP contribution in [0.4, 0.5) is 0 Å². The van der Waals surface area contributed by atoms with Crippen LogP contribution in [-0.2, 0) is 0 Å².